The summed E-state index contributed by atoms with van der Waals surface area (Å²) < 4.78 is 4.74. The molecule has 0 radical (unpaired) electrons. The number of anilines is 1. The van der Waals surface area contributed by atoms with Crippen molar-refractivity contribution in [3.63, 3.8) is 0 Å². The van der Waals surface area contributed by atoms with Gasteiger partial charge in [0.05, 0.1) is 7.11 Å². The zero-order chi connectivity index (χ0) is 13.1. The van der Waals surface area contributed by atoms with E-state index in [1.807, 2.05) is 0 Å². The molecule has 0 atom stereocenters. The molecular formula is C14H20N2O2. The Labute approximate surface area is 108 Å². The molecule has 1 heterocycles. The van der Waals surface area contributed by atoms with E-state index in [0.29, 0.717) is 0 Å². The lowest BCUT2D eigenvalue weighted by molar-refractivity contribution is 0.121. The number of aryl methyl sites for hydroxylation is 2. The quantitative estimate of drug-likeness (QED) is 0.763. The van der Waals surface area contributed by atoms with E-state index in [2.05, 4.69) is 36.9 Å². The van der Waals surface area contributed by atoms with Gasteiger partial charge in [0.15, 0.2) is 0 Å². The standard InChI is InChI=1S/C14H20N2O2/c1-11-4-5-12(2)13(10-11)15-6-8-16(9-7-15)14(17)18-3/h4-5,10H,6-9H2,1-3H3. The highest BCUT2D eigenvalue weighted by atomic mass is 16.5. The van der Waals surface area contributed by atoms with Crippen molar-refractivity contribution in [3.8, 4) is 0 Å². The van der Waals surface area contributed by atoms with Gasteiger partial charge < -0.3 is 14.5 Å². The first kappa shape index (κ1) is 12.7. The summed E-state index contributed by atoms with van der Waals surface area (Å²) in [6.45, 7) is 7.40. The highest BCUT2D eigenvalue weighted by Gasteiger charge is 2.22. The van der Waals surface area contributed by atoms with Crippen LogP contribution < -0.4 is 4.90 Å². The number of carbonyl (C=O) groups excluding carboxylic acids is 1. The molecule has 0 aromatic heterocycles. The van der Waals surface area contributed by atoms with Crippen LogP contribution in [0.25, 0.3) is 0 Å². The number of nitrogens with zero attached hydrogens (tertiary/aromatic N) is 2. The summed E-state index contributed by atoms with van der Waals surface area (Å²) in [7, 11) is 1.43. The van der Waals surface area contributed by atoms with Crippen molar-refractivity contribution in [2.75, 3.05) is 38.2 Å². The minimum Gasteiger partial charge on any atom is -0.453 e. The molecule has 0 N–H and O–H groups in total. The second kappa shape index (κ2) is 5.29. The Bertz CT molecular complexity index is 437. The van der Waals surface area contributed by atoms with Crippen LogP contribution >= 0.6 is 0 Å². The van der Waals surface area contributed by atoms with Crippen molar-refractivity contribution in [2.45, 2.75) is 13.8 Å². The van der Waals surface area contributed by atoms with E-state index >= 15 is 0 Å². The average molecular weight is 248 g/mol. The van der Waals surface area contributed by atoms with Gasteiger partial charge in [0, 0.05) is 31.9 Å². The average Bonchev–Trinajstić information content (AvgIpc) is 2.41. The third-order valence-electron chi connectivity index (χ3n) is 3.42. The zero-order valence-electron chi connectivity index (χ0n) is 11.3. The van der Waals surface area contributed by atoms with Gasteiger partial charge in [-0.2, -0.15) is 0 Å². The molecule has 1 aliphatic heterocycles. The lowest BCUT2D eigenvalue weighted by atomic mass is 10.1. The SMILES string of the molecule is COC(=O)N1CCN(c2cc(C)ccc2C)CC1. The minimum absolute atomic E-state index is 0.226. The highest BCUT2D eigenvalue weighted by Crippen LogP contribution is 2.22. The monoisotopic (exact) mass is 248 g/mol. The van der Waals surface area contributed by atoms with Crippen LogP contribution in [0.15, 0.2) is 18.2 Å². The van der Waals surface area contributed by atoms with Crippen molar-refractivity contribution in [3.05, 3.63) is 29.3 Å². The second-order valence-electron chi connectivity index (χ2n) is 4.73. The van der Waals surface area contributed by atoms with Crippen LogP contribution in [-0.4, -0.2) is 44.3 Å². The molecule has 2 rings (SSSR count). The number of hydrogen-bond acceptors (Lipinski definition) is 3. The Kier molecular flexibility index (Phi) is 3.75. The third kappa shape index (κ3) is 2.58. The fourth-order valence-electron chi connectivity index (χ4n) is 2.32. The predicted molar refractivity (Wildman–Crippen MR) is 72.1 cm³/mol. The summed E-state index contributed by atoms with van der Waals surface area (Å²) in [6.07, 6.45) is -0.226. The maximum absolute atomic E-state index is 11.4. The molecule has 0 aliphatic carbocycles. The van der Waals surface area contributed by atoms with Gasteiger partial charge in [-0.05, 0) is 31.0 Å². The Morgan fingerprint density at radius 3 is 2.44 bits per heavy atom. The molecule has 0 unspecified atom stereocenters. The van der Waals surface area contributed by atoms with Crippen LogP contribution in [0.1, 0.15) is 11.1 Å². The van der Waals surface area contributed by atoms with Crippen LogP contribution in [0.3, 0.4) is 0 Å². The van der Waals surface area contributed by atoms with Gasteiger partial charge in [-0.1, -0.05) is 12.1 Å². The summed E-state index contributed by atoms with van der Waals surface area (Å²) in [6, 6.07) is 6.49. The second-order valence-corrected chi connectivity index (χ2v) is 4.73. The molecule has 0 bridgehead atoms. The third-order valence-corrected chi connectivity index (χ3v) is 3.42. The Hall–Kier alpha value is -1.71. The van der Waals surface area contributed by atoms with E-state index < -0.39 is 0 Å². The van der Waals surface area contributed by atoms with Crippen LogP contribution in [0.2, 0.25) is 0 Å². The van der Waals surface area contributed by atoms with E-state index in [1.165, 1.54) is 23.9 Å². The van der Waals surface area contributed by atoms with E-state index in [9.17, 15) is 4.79 Å². The van der Waals surface area contributed by atoms with Crippen molar-refractivity contribution in [2.24, 2.45) is 0 Å². The first-order valence-electron chi connectivity index (χ1n) is 6.27. The van der Waals surface area contributed by atoms with E-state index in [4.69, 9.17) is 4.74 Å². The van der Waals surface area contributed by atoms with Gasteiger partial charge in [0.25, 0.3) is 0 Å². The number of ether oxygens (including phenoxy) is 1. The van der Waals surface area contributed by atoms with Crippen molar-refractivity contribution < 1.29 is 9.53 Å². The topological polar surface area (TPSA) is 32.8 Å². The number of rotatable bonds is 1. The first-order valence-corrected chi connectivity index (χ1v) is 6.27. The summed E-state index contributed by atoms with van der Waals surface area (Å²) in [5.41, 5.74) is 3.83. The van der Waals surface area contributed by atoms with E-state index in [-0.39, 0.29) is 6.09 Å². The largest absolute Gasteiger partial charge is 0.453 e. The molecule has 98 valence electrons. The fraction of sp³-hybridized carbons (Fsp3) is 0.500. The van der Waals surface area contributed by atoms with Gasteiger partial charge >= 0.3 is 6.09 Å². The van der Waals surface area contributed by atoms with Gasteiger partial charge in [-0.3, -0.25) is 0 Å². The Balaban J connectivity index is 2.05. The predicted octanol–water partition coefficient (Wildman–Crippen LogP) is 2.19. The number of amides is 1. The summed E-state index contributed by atoms with van der Waals surface area (Å²) in [5.74, 6) is 0. The maximum Gasteiger partial charge on any atom is 0.409 e. The number of hydrogen-bond donors (Lipinski definition) is 0. The summed E-state index contributed by atoms with van der Waals surface area (Å²) in [5, 5.41) is 0. The van der Waals surface area contributed by atoms with Gasteiger partial charge in [-0.25, -0.2) is 4.79 Å². The minimum atomic E-state index is -0.226. The molecule has 1 saturated heterocycles. The van der Waals surface area contributed by atoms with Crippen molar-refractivity contribution >= 4 is 11.8 Å². The van der Waals surface area contributed by atoms with Crippen LogP contribution in [-0.2, 0) is 4.74 Å². The number of carbonyl (C=O) groups is 1. The lowest BCUT2D eigenvalue weighted by Crippen LogP contribution is -2.48. The molecule has 1 aromatic carbocycles. The number of piperazine rings is 1. The normalized spacial score (nSPS) is 15.7. The van der Waals surface area contributed by atoms with Gasteiger partial charge in [0.1, 0.15) is 0 Å². The molecule has 18 heavy (non-hydrogen) atoms. The molecule has 1 fully saturated rings. The van der Waals surface area contributed by atoms with E-state index in [1.54, 1.807) is 4.90 Å². The van der Waals surface area contributed by atoms with Crippen molar-refractivity contribution in [1.82, 2.24) is 4.90 Å². The first-order chi connectivity index (χ1) is 8.61. The molecular weight excluding hydrogens is 228 g/mol. The molecule has 0 spiro atoms. The van der Waals surface area contributed by atoms with E-state index in [0.717, 1.165) is 26.2 Å². The molecule has 4 nitrogen and oxygen atoms in total. The molecule has 1 aromatic rings. The van der Waals surface area contributed by atoms with Gasteiger partial charge in [-0.15, -0.1) is 0 Å². The Morgan fingerprint density at radius 2 is 1.83 bits per heavy atom. The van der Waals surface area contributed by atoms with Crippen LogP contribution in [0, 0.1) is 13.8 Å². The number of methoxy groups -OCH3 is 1. The summed E-state index contributed by atoms with van der Waals surface area (Å²) >= 11 is 0. The smallest absolute Gasteiger partial charge is 0.409 e. The lowest BCUT2D eigenvalue weighted by Gasteiger charge is -2.36. The highest BCUT2D eigenvalue weighted by molar-refractivity contribution is 5.68. The van der Waals surface area contributed by atoms with Crippen LogP contribution in [0.4, 0.5) is 10.5 Å². The fourth-order valence-corrected chi connectivity index (χ4v) is 2.32. The summed E-state index contributed by atoms with van der Waals surface area (Å²) in [4.78, 5) is 15.5. The van der Waals surface area contributed by atoms with Crippen LogP contribution in [0.5, 0.6) is 0 Å². The molecule has 0 saturated carbocycles. The molecule has 1 aliphatic rings. The van der Waals surface area contributed by atoms with Gasteiger partial charge in [0.2, 0.25) is 0 Å². The molecule has 1 amide bonds. The molecule has 4 heteroatoms. The Morgan fingerprint density at radius 1 is 1.17 bits per heavy atom. The number of benzene rings is 1. The maximum atomic E-state index is 11.4. The zero-order valence-corrected chi connectivity index (χ0v) is 11.3. The van der Waals surface area contributed by atoms with Crippen molar-refractivity contribution in [1.29, 1.82) is 0 Å².